The normalized spacial score (nSPS) is 11.2. The Balaban J connectivity index is 1.97. The fraction of sp³-hybridized carbons (Fsp3) is 0.0952. The van der Waals surface area contributed by atoms with Crippen molar-refractivity contribution in [3.05, 3.63) is 77.4 Å². The minimum atomic E-state index is -0.635. The Morgan fingerprint density at radius 3 is 2.33 bits per heavy atom. The third kappa shape index (κ3) is 2.89. The minimum Gasteiger partial charge on any atom is -0.504 e. The average Bonchev–Trinajstić information content (AvgIpc) is 3.01. The van der Waals surface area contributed by atoms with Gasteiger partial charge in [-0.25, -0.2) is 13.8 Å². The molecule has 0 saturated heterocycles. The zero-order valence-electron chi connectivity index (χ0n) is 14.4. The summed E-state index contributed by atoms with van der Waals surface area (Å²) in [6, 6.07) is 13.7. The van der Waals surface area contributed by atoms with Gasteiger partial charge in [-0.15, -0.1) is 0 Å². The number of rotatable bonds is 3. The molecule has 0 atom stereocenters. The number of hydrogen-bond donors (Lipinski definition) is 2. The van der Waals surface area contributed by atoms with Crippen molar-refractivity contribution in [1.82, 2.24) is 9.55 Å². The predicted octanol–water partition coefficient (Wildman–Crippen LogP) is 4.75. The van der Waals surface area contributed by atoms with Gasteiger partial charge in [0.15, 0.2) is 11.5 Å². The molecule has 0 fully saturated rings. The van der Waals surface area contributed by atoms with Crippen LogP contribution >= 0.6 is 0 Å². The number of halogens is 2. The third-order valence-electron chi connectivity index (χ3n) is 4.59. The van der Waals surface area contributed by atoms with E-state index in [2.05, 4.69) is 4.98 Å². The van der Waals surface area contributed by atoms with E-state index in [4.69, 9.17) is 0 Å². The molecule has 4 rings (SSSR count). The summed E-state index contributed by atoms with van der Waals surface area (Å²) in [7, 11) is 0. The Morgan fingerprint density at radius 1 is 0.926 bits per heavy atom. The van der Waals surface area contributed by atoms with E-state index in [0.717, 1.165) is 11.1 Å². The molecule has 3 aromatic carbocycles. The highest BCUT2D eigenvalue weighted by Gasteiger charge is 2.18. The second-order valence-electron chi connectivity index (χ2n) is 6.37. The van der Waals surface area contributed by atoms with Gasteiger partial charge in [0.05, 0.1) is 17.6 Å². The summed E-state index contributed by atoms with van der Waals surface area (Å²) in [5.74, 6) is -1.37. The van der Waals surface area contributed by atoms with Crippen LogP contribution in [0.4, 0.5) is 8.78 Å². The maximum Gasteiger partial charge on any atom is 0.158 e. The highest BCUT2D eigenvalue weighted by Crippen LogP contribution is 2.33. The topological polar surface area (TPSA) is 58.3 Å². The molecule has 0 unspecified atom stereocenters. The van der Waals surface area contributed by atoms with Gasteiger partial charge in [0.2, 0.25) is 0 Å². The van der Waals surface area contributed by atoms with E-state index in [1.807, 2.05) is 25.1 Å². The fourth-order valence-corrected chi connectivity index (χ4v) is 3.17. The number of imidazole rings is 1. The van der Waals surface area contributed by atoms with Crippen LogP contribution in [-0.4, -0.2) is 19.8 Å². The highest BCUT2D eigenvalue weighted by molar-refractivity contribution is 5.83. The number of aryl methyl sites for hydroxylation is 1. The van der Waals surface area contributed by atoms with Crippen molar-refractivity contribution < 1.29 is 19.0 Å². The number of para-hydroxylation sites is 1. The van der Waals surface area contributed by atoms with Gasteiger partial charge >= 0.3 is 0 Å². The first-order valence-corrected chi connectivity index (χ1v) is 8.37. The first-order valence-electron chi connectivity index (χ1n) is 8.37. The largest absolute Gasteiger partial charge is 0.504 e. The summed E-state index contributed by atoms with van der Waals surface area (Å²) in [4.78, 5) is 4.63. The molecule has 0 saturated carbocycles. The lowest BCUT2D eigenvalue weighted by Crippen LogP contribution is -2.06. The molecule has 0 aliphatic carbocycles. The maximum atomic E-state index is 14.2. The molecule has 6 heteroatoms. The molecule has 0 radical (unpaired) electrons. The van der Waals surface area contributed by atoms with Crippen LogP contribution in [0.5, 0.6) is 11.5 Å². The molecule has 0 aliphatic heterocycles. The van der Waals surface area contributed by atoms with Crippen LogP contribution in [0.25, 0.3) is 22.4 Å². The first kappa shape index (κ1) is 17.0. The van der Waals surface area contributed by atoms with Gasteiger partial charge < -0.3 is 14.8 Å². The van der Waals surface area contributed by atoms with Crippen LogP contribution in [0.1, 0.15) is 11.1 Å². The van der Waals surface area contributed by atoms with Gasteiger partial charge in [0.25, 0.3) is 0 Å². The molecule has 136 valence electrons. The molecule has 0 bridgehead atoms. The molecule has 27 heavy (non-hydrogen) atoms. The molecule has 0 spiro atoms. The summed E-state index contributed by atoms with van der Waals surface area (Å²) >= 11 is 0. The molecule has 2 N–H and O–H groups in total. The lowest BCUT2D eigenvalue weighted by Gasteiger charge is -2.12. The van der Waals surface area contributed by atoms with Gasteiger partial charge in [0, 0.05) is 11.1 Å². The van der Waals surface area contributed by atoms with E-state index in [1.165, 1.54) is 30.3 Å². The lowest BCUT2D eigenvalue weighted by atomic mass is 10.1. The Morgan fingerprint density at radius 2 is 1.63 bits per heavy atom. The SMILES string of the molecule is Cc1cccc2c1nc(-c1ccc(O)c(O)c1)n2Cc1c(F)cccc1F. The summed E-state index contributed by atoms with van der Waals surface area (Å²) in [5, 5.41) is 19.4. The number of phenols is 2. The zero-order chi connectivity index (χ0) is 19.1. The number of nitrogens with zero attached hydrogens (tertiary/aromatic N) is 2. The second kappa shape index (κ2) is 6.39. The monoisotopic (exact) mass is 366 g/mol. The second-order valence-corrected chi connectivity index (χ2v) is 6.37. The van der Waals surface area contributed by atoms with E-state index in [-0.39, 0.29) is 23.6 Å². The number of benzene rings is 3. The van der Waals surface area contributed by atoms with Crippen molar-refractivity contribution in [2.24, 2.45) is 0 Å². The number of fused-ring (bicyclic) bond motifs is 1. The standard InChI is InChI=1S/C21H16F2N2O2/c1-12-4-2-7-17-20(12)24-21(13-8-9-18(26)19(27)10-13)25(17)11-14-15(22)5-3-6-16(14)23/h2-10,26-27H,11H2,1H3. The molecule has 0 aliphatic rings. The quantitative estimate of drug-likeness (QED) is 0.515. The van der Waals surface area contributed by atoms with Crippen LogP contribution in [0.3, 0.4) is 0 Å². The summed E-state index contributed by atoms with van der Waals surface area (Å²) in [6.07, 6.45) is 0. The van der Waals surface area contributed by atoms with Crippen molar-refractivity contribution >= 4 is 11.0 Å². The van der Waals surface area contributed by atoms with Gasteiger partial charge in [-0.1, -0.05) is 18.2 Å². The number of aromatic nitrogens is 2. The summed E-state index contributed by atoms with van der Waals surface area (Å²) in [5.41, 5.74) is 2.81. The smallest absolute Gasteiger partial charge is 0.158 e. The van der Waals surface area contributed by atoms with Crippen LogP contribution < -0.4 is 0 Å². The molecular weight excluding hydrogens is 350 g/mol. The van der Waals surface area contributed by atoms with Crippen molar-refractivity contribution in [2.75, 3.05) is 0 Å². The molecule has 4 nitrogen and oxygen atoms in total. The maximum absolute atomic E-state index is 14.2. The number of aromatic hydroxyl groups is 2. The van der Waals surface area contributed by atoms with Gasteiger partial charge in [-0.2, -0.15) is 0 Å². The molecule has 0 amide bonds. The fourth-order valence-electron chi connectivity index (χ4n) is 3.17. The Bertz CT molecular complexity index is 1150. The molecule has 4 aromatic rings. The van der Waals surface area contributed by atoms with Crippen molar-refractivity contribution in [3.8, 4) is 22.9 Å². The molecular formula is C21H16F2N2O2. The predicted molar refractivity (Wildman–Crippen MR) is 98.7 cm³/mol. The van der Waals surface area contributed by atoms with E-state index in [0.29, 0.717) is 16.9 Å². The Hall–Kier alpha value is -3.41. The van der Waals surface area contributed by atoms with Crippen LogP contribution in [0.2, 0.25) is 0 Å². The van der Waals surface area contributed by atoms with Gasteiger partial charge in [0.1, 0.15) is 17.5 Å². The van der Waals surface area contributed by atoms with Crippen LogP contribution in [0, 0.1) is 18.6 Å². The zero-order valence-corrected chi connectivity index (χ0v) is 14.4. The van der Waals surface area contributed by atoms with E-state index in [9.17, 15) is 19.0 Å². The van der Waals surface area contributed by atoms with Crippen LogP contribution in [0.15, 0.2) is 54.6 Å². The van der Waals surface area contributed by atoms with Crippen molar-refractivity contribution in [3.63, 3.8) is 0 Å². The van der Waals surface area contributed by atoms with Gasteiger partial charge in [-0.3, -0.25) is 0 Å². The highest BCUT2D eigenvalue weighted by atomic mass is 19.1. The van der Waals surface area contributed by atoms with Crippen molar-refractivity contribution in [1.29, 1.82) is 0 Å². The first-order chi connectivity index (χ1) is 13.0. The Labute approximate surface area is 154 Å². The Kier molecular flexibility index (Phi) is 4.03. The number of phenolic OH excluding ortho intramolecular Hbond substituents is 2. The van der Waals surface area contributed by atoms with E-state index >= 15 is 0 Å². The van der Waals surface area contributed by atoms with Crippen LogP contribution in [-0.2, 0) is 6.54 Å². The minimum absolute atomic E-state index is 0.0601. The average molecular weight is 366 g/mol. The molecule has 1 heterocycles. The summed E-state index contributed by atoms with van der Waals surface area (Å²) in [6.45, 7) is 1.84. The van der Waals surface area contributed by atoms with Crippen molar-refractivity contribution in [2.45, 2.75) is 13.5 Å². The van der Waals surface area contributed by atoms with E-state index < -0.39 is 11.6 Å². The lowest BCUT2D eigenvalue weighted by molar-refractivity contribution is 0.404. The molecule has 1 aromatic heterocycles. The third-order valence-corrected chi connectivity index (χ3v) is 4.59. The number of hydrogen-bond acceptors (Lipinski definition) is 3. The van der Waals surface area contributed by atoms with Gasteiger partial charge in [-0.05, 0) is 48.9 Å². The van der Waals surface area contributed by atoms with E-state index in [1.54, 1.807) is 10.6 Å². The summed E-state index contributed by atoms with van der Waals surface area (Å²) < 4.78 is 30.2.